The molecule has 0 amide bonds. The fourth-order valence-corrected chi connectivity index (χ4v) is 1.44. The summed E-state index contributed by atoms with van der Waals surface area (Å²) in [5, 5.41) is 8.52. The van der Waals surface area contributed by atoms with E-state index >= 15 is 0 Å². The molecular weight excluding hydrogens is 200 g/mol. The monoisotopic (exact) mass is 209 g/mol. The first-order valence-electron chi connectivity index (χ1n) is 4.86. The van der Waals surface area contributed by atoms with Gasteiger partial charge in [0.15, 0.2) is 10.8 Å². The summed E-state index contributed by atoms with van der Waals surface area (Å²) < 4.78 is 0. The van der Waals surface area contributed by atoms with Gasteiger partial charge in [-0.2, -0.15) is 0 Å². The number of hydrogen-bond donors (Lipinski definition) is 0. The van der Waals surface area contributed by atoms with E-state index in [0.717, 1.165) is 0 Å². The van der Waals surface area contributed by atoms with E-state index in [0.29, 0.717) is 16.8 Å². The van der Waals surface area contributed by atoms with Crippen molar-refractivity contribution in [2.24, 2.45) is 0 Å². The molecule has 16 heavy (non-hydrogen) atoms. The van der Waals surface area contributed by atoms with Crippen molar-refractivity contribution in [2.75, 3.05) is 0 Å². The van der Waals surface area contributed by atoms with Gasteiger partial charge in [-0.15, -0.1) is 0 Å². The third kappa shape index (κ3) is 1.96. The summed E-state index contributed by atoms with van der Waals surface area (Å²) in [5.74, 6) is -0.0370. The molecule has 0 radical (unpaired) electrons. The van der Waals surface area contributed by atoms with E-state index in [9.17, 15) is 4.79 Å². The van der Waals surface area contributed by atoms with Crippen molar-refractivity contribution < 1.29 is 4.79 Å². The molecule has 0 saturated carbocycles. The number of carbonyl (C=O) groups is 1. The fourth-order valence-electron chi connectivity index (χ4n) is 1.44. The summed E-state index contributed by atoms with van der Waals surface area (Å²) in [6.45, 7) is 0. The summed E-state index contributed by atoms with van der Waals surface area (Å²) in [6, 6.07) is 15.5. The maximum absolute atomic E-state index is 12.0. The molecule has 0 heterocycles. The molecule has 0 fully saturated rings. The Balaban J connectivity index is 2.32. The summed E-state index contributed by atoms with van der Waals surface area (Å²) >= 11 is 0. The molecule has 3 heteroatoms. The average molecular weight is 209 g/mol. The average Bonchev–Trinajstić information content (AvgIpc) is 2.39. The van der Waals surface area contributed by atoms with Crippen LogP contribution in [-0.2, 0) is 0 Å². The minimum absolute atomic E-state index is 0.0370. The molecule has 0 aliphatic carbocycles. The first kappa shape index (κ1) is 10.1. The normalized spacial score (nSPS) is 9.44. The van der Waals surface area contributed by atoms with E-state index in [4.69, 9.17) is 5.39 Å². The lowest BCUT2D eigenvalue weighted by atomic mass is 10.0. The zero-order chi connectivity index (χ0) is 11.4. The van der Waals surface area contributed by atoms with Crippen molar-refractivity contribution in [3.63, 3.8) is 0 Å². The molecule has 2 aromatic rings. The molecule has 0 atom stereocenters. The van der Waals surface area contributed by atoms with E-state index in [1.54, 1.807) is 36.4 Å². The Morgan fingerprint density at radius 2 is 1.44 bits per heavy atom. The van der Waals surface area contributed by atoms with Crippen LogP contribution in [0, 0.1) is 5.39 Å². The topological polar surface area (TPSA) is 45.2 Å². The summed E-state index contributed by atoms with van der Waals surface area (Å²) in [4.78, 5) is 15.0. The van der Waals surface area contributed by atoms with Crippen LogP contribution < -0.4 is 0 Å². The zero-order valence-corrected chi connectivity index (χ0v) is 8.50. The van der Waals surface area contributed by atoms with Gasteiger partial charge in [-0.25, -0.2) is 0 Å². The number of ketones is 1. The largest absolute Gasteiger partial charge is 0.385 e. The van der Waals surface area contributed by atoms with Crippen LogP contribution in [0.4, 0.5) is 5.69 Å². The van der Waals surface area contributed by atoms with Gasteiger partial charge in [0.1, 0.15) is 0 Å². The van der Waals surface area contributed by atoms with Gasteiger partial charge in [-0.1, -0.05) is 30.3 Å². The highest BCUT2D eigenvalue weighted by molar-refractivity contribution is 6.09. The van der Waals surface area contributed by atoms with Crippen LogP contribution in [0.2, 0.25) is 0 Å². The second-order valence-electron chi connectivity index (χ2n) is 3.34. The van der Waals surface area contributed by atoms with Gasteiger partial charge >= 0.3 is 5.69 Å². The second kappa shape index (κ2) is 4.37. The minimum atomic E-state index is -0.0370. The Bertz CT molecular complexity index is 538. The van der Waals surface area contributed by atoms with E-state index in [1.807, 2.05) is 18.2 Å². The van der Waals surface area contributed by atoms with Crippen LogP contribution in [0.1, 0.15) is 15.9 Å². The van der Waals surface area contributed by atoms with E-state index in [2.05, 4.69) is 4.98 Å². The third-order valence-corrected chi connectivity index (χ3v) is 2.28. The lowest BCUT2D eigenvalue weighted by Gasteiger charge is -1.98. The van der Waals surface area contributed by atoms with Gasteiger partial charge in [0.25, 0.3) is 0 Å². The van der Waals surface area contributed by atoms with E-state index < -0.39 is 0 Å². The Labute approximate surface area is 93.0 Å². The SMILES string of the molecule is N#[N+]c1ccc(C(=O)c2ccccc2)cc1. The molecule has 0 bridgehead atoms. The number of carbonyl (C=O) groups excluding carboxylic acids is 1. The fraction of sp³-hybridized carbons (Fsp3) is 0. The number of benzene rings is 2. The molecule has 0 aromatic heterocycles. The molecule has 0 N–H and O–H groups in total. The van der Waals surface area contributed by atoms with Gasteiger partial charge in [0, 0.05) is 23.3 Å². The van der Waals surface area contributed by atoms with Crippen molar-refractivity contribution in [3.05, 3.63) is 70.7 Å². The molecule has 2 aromatic carbocycles. The van der Waals surface area contributed by atoms with Crippen molar-refractivity contribution in [2.45, 2.75) is 0 Å². The molecule has 0 saturated heterocycles. The highest BCUT2D eigenvalue weighted by atomic mass is 16.1. The lowest BCUT2D eigenvalue weighted by Crippen LogP contribution is -1.99. The summed E-state index contributed by atoms with van der Waals surface area (Å²) in [5.41, 5.74) is 1.67. The maximum Gasteiger partial charge on any atom is 0.385 e. The quantitative estimate of drug-likeness (QED) is 0.562. The van der Waals surface area contributed by atoms with Gasteiger partial charge < -0.3 is 0 Å². The number of nitrogens with zero attached hydrogens (tertiary/aromatic N) is 2. The first-order valence-corrected chi connectivity index (χ1v) is 4.86. The molecule has 0 aliphatic heterocycles. The van der Waals surface area contributed by atoms with Crippen LogP contribution >= 0.6 is 0 Å². The number of diazo groups is 1. The first-order chi connectivity index (χ1) is 7.81. The lowest BCUT2D eigenvalue weighted by molar-refractivity contribution is 0.103. The Kier molecular flexibility index (Phi) is 2.75. The van der Waals surface area contributed by atoms with Gasteiger partial charge in [-0.05, 0) is 12.1 Å². The smallest absolute Gasteiger partial charge is 0.289 e. The molecule has 0 unspecified atom stereocenters. The molecular formula is C13H9N2O+. The highest BCUT2D eigenvalue weighted by Gasteiger charge is 2.10. The van der Waals surface area contributed by atoms with Crippen LogP contribution in [-0.4, -0.2) is 5.78 Å². The maximum atomic E-state index is 12.0. The Morgan fingerprint density at radius 3 is 2.00 bits per heavy atom. The minimum Gasteiger partial charge on any atom is -0.289 e. The van der Waals surface area contributed by atoms with Crippen LogP contribution in [0.15, 0.2) is 54.6 Å². The Hall–Kier alpha value is -2.47. The molecule has 3 nitrogen and oxygen atoms in total. The van der Waals surface area contributed by atoms with Crippen molar-refractivity contribution in [1.82, 2.24) is 0 Å². The molecule has 0 spiro atoms. The van der Waals surface area contributed by atoms with Crippen LogP contribution in [0.3, 0.4) is 0 Å². The number of rotatable bonds is 2. The predicted molar refractivity (Wildman–Crippen MR) is 61.1 cm³/mol. The third-order valence-electron chi connectivity index (χ3n) is 2.28. The van der Waals surface area contributed by atoms with Gasteiger partial charge in [0.05, 0.1) is 0 Å². The highest BCUT2D eigenvalue weighted by Crippen LogP contribution is 2.15. The zero-order valence-electron chi connectivity index (χ0n) is 8.50. The molecule has 0 aliphatic rings. The predicted octanol–water partition coefficient (Wildman–Crippen LogP) is 3.40. The molecule has 76 valence electrons. The second-order valence-corrected chi connectivity index (χ2v) is 3.34. The Morgan fingerprint density at radius 1 is 0.875 bits per heavy atom. The standard InChI is InChI=1S/C13H9N2O/c14-15-12-8-6-11(7-9-12)13(16)10-4-2-1-3-5-10/h1-9H/q+1. The van der Waals surface area contributed by atoms with Crippen LogP contribution in [0.5, 0.6) is 0 Å². The van der Waals surface area contributed by atoms with Gasteiger partial charge in [0.2, 0.25) is 5.39 Å². The number of hydrogen-bond acceptors (Lipinski definition) is 2. The summed E-state index contributed by atoms with van der Waals surface area (Å²) in [7, 11) is 0. The van der Waals surface area contributed by atoms with E-state index in [-0.39, 0.29) is 5.78 Å². The summed E-state index contributed by atoms with van der Waals surface area (Å²) in [6.07, 6.45) is 0. The van der Waals surface area contributed by atoms with Gasteiger partial charge in [-0.3, -0.25) is 4.79 Å². The van der Waals surface area contributed by atoms with Crippen LogP contribution in [0.25, 0.3) is 4.98 Å². The van der Waals surface area contributed by atoms with Crippen molar-refractivity contribution in [1.29, 1.82) is 5.39 Å². The van der Waals surface area contributed by atoms with E-state index in [1.165, 1.54) is 0 Å². The van der Waals surface area contributed by atoms with Crippen molar-refractivity contribution in [3.8, 4) is 0 Å². The van der Waals surface area contributed by atoms with Crippen molar-refractivity contribution >= 4 is 11.5 Å². The molecule has 2 rings (SSSR count).